The average Bonchev–Trinajstić information content (AvgIpc) is 1.45. The van der Waals surface area contributed by atoms with Crippen molar-refractivity contribution < 1.29 is 47.1 Å². The van der Waals surface area contributed by atoms with Gasteiger partial charge in [-0.05, 0) is 0 Å². The van der Waals surface area contributed by atoms with Crippen LogP contribution in [0.25, 0.3) is 0 Å². The van der Waals surface area contributed by atoms with Gasteiger partial charge in [-0.3, -0.25) is 9.11 Å². The summed E-state index contributed by atoms with van der Waals surface area (Å²) in [7, 11) is -9.31. The first-order valence-corrected chi connectivity index (χ1v) is 5.01. The van der Waals surface area contributed by atoms with Crippen molar-refractivity contribution in [3.05, 3.63) is 10.1 Å². The molecule has 96 valence electrons. The van der Waals surface area contributed by atoms with Gasteiger partial charge in [0.05, 0.1) is 0 Å². The zero-order chi connectivity index (χ0) is 12.6. The van der Waals surface area contributed by atoms with Crippen LogP contribution in [0.3, 0.4) is 0 Å². The Kier molecular flexibility index (Phi) is 15.3. The van der Waals surface area contributed by atoms with Crippen LogP contribution in [-0.4, -0.2) is 42.5 Å². The van der Waals surface area contributed by atoms with Gasteiger partial charge in [-0.2, -0.15) is 8.42 Å². The second kappa shape index (κ2) is 9.69. The van der Waals surface area contributed by atoms with E-state index >= 15 is 0 Å². The van der Waals surface area contributed by atoms with Crippen molar-refractivity contribution in [1.29, 1.82) is 0 Å². The summed E-state index contributed by atoms with van der Waals surface area (Å²) in [5.74, 6) is 0. The minimum absolute atomic E-state index is 0. The van der Waals surface area contributed by atoms with Crippen LogP contribution in [0.5, 0.6) is 0 Å². The van der Waals surface area contributed by atoms with Crippen LogP contribution in [0, 0.1) is 10.1 Å². The van der Waals surface area contributed by atoms with Gasteiger partial charge < -0.3 is 26.0 Å². The van der Waals surface area contributed by atoms with Crippen molar-refractivity contribution in [2.45, 2.75) is 0 Å². The molecule has 0 aromatic heterocycles. The maximum absolute atomic E-state index is 8.88. The topological polar surface area (TPSA) is 251 Å². The van der Waals surface area contributed by atoms with E-state index in [1.807, 2.05) is 0 Å². The highest BCUT2D eigenvalue weighted by atomic mass is 32.3. The second-order valence-corrected chi connectivity index (χ2v) is 3.12. The SMILES string of the molecule is N.O=P(O)(O)O.O=S(=O)(O)O.O=[N+]([O-])O. The molecule has 0 aromatic carbocycles. The highest BCUT2D eigenvalue weighted by molar-refractivity contribution is 7.79. The van der Waals surface area contributed by atoms with E-state index in [-0.39, 0.29) is 6.15 Å². The number of rotatable bonds is 0. The molecule has 0 fully saturated rings. The van der Waals surface area contributed by atoms with Gasteiger partial charge in [-0.15, -0.1) is 10.1 Å². The Bertz CT molecular complexity index is 263. The summed E-state index contributed by atoms with van der Waals surface area (Å²) in [5, 5.41) is 13.6. The van der Waals surface area contributed by atoms with Gasteiger partial charge in [0.2, 0.25) is 0 Å². The minimum atomic E-state index is -4.67. The van der Waals surface area contributed by atoms with Gasteiger partial charge in [0.15, 0.2) is 0 Å². The van der Waals surface area contributed by atoms with Crippen LogP contribution in [0.2, 0.25) is 0 Å². The predicted molar refractivity (Wildman–Crippen MR) is 42.2 cm³/mol. The molecule has 0 aliphatic rings. The molecule has 0 saturated carbocycles. The molecule has 0 unspecified atom stereocenters. The molecule has 15 heavy (non-hydrogen) atoms. The first-order valence-electron chi connectivity index (χ1n) is 2.05. The summed E-state index contributed by atoms with van der Waals surface area (Å²) >= 11 is 0. The Morgan fingerprint density at radius 2 is 1.13 bits per heavy atom. The smallest absolute Gasteiger partial charge is 0.344 e. The Morgan fingerprint density at radius 1 is 1.13 bits per heavy atom. The molecule has 0 atom stereocenters. The van der Waals surface area contributed by atoms with Crippen molar-refractivity contribution in [2.24, 2.45) is 0 Å². The monoisotopic (exact) mass is 276 g/mol. The van der Waals surface area contributed by atoms with Gasteiger partial charge in [-0.1, -0.05) is 0 Å². The van der Waals surface area contributed by atoms with E-state index in [1.54, 1.807) is 0 Å². The standard InChI is InChI=1S/HNO3.H3N.H3O4P.H2O4S/c2-1(3)4;;2*1-5(2,3)4/h(H,2,3,4);1H3;(H3,1,2,3,4);(H2,1,2,3,4). The van der Waals surface area contributed by atoms with E-state index in [2.05, 4.69) is 0 Å². The van der Waals surface area contributed by atoms with Crippen molar-refractivity contribution in [3.63, 3.8) is 0 Å². The highest BCUT2D eigenvalue weighted by Gasteiger charge is 2.00. The molecule has 0 bridgehead atoms. The van der Waals surface area contributed by atoms with Crippen molar-refractivity contribution in [2.75, 3.05) is 0 Å². The molecule has 0 amide bonds. The van der Waals surface area contributed by atoms with Crippen molar-refractivity contribution in [1.82, 2.24) is 6.15 Å². The van der Waals surface area contributed by atoms with E-state index in [1.165, 1.54) is 0 Å². The Balaban J connectivity index is -0.0000000590. The van der Waals surface area contributed by atoms with Crippen LogP contribution in [0.1, 0.15) is 0 Å². The van der Waals surface area contributed by atoms with Crippen LogP contribution < -0.4 is 6.15 Å². The molecule has 0 aliphatic heterocycles. The highest BCUT2D eigenvalue weighted by Crippen LogP contribution is 2.25. The minimum Gasteiger partial charge on any atom is -0.344 e. The van der Waals surface area contributed by atoms with Crippen molar-refractivity contribution >= 4 is 18.2 Å². The Morgan fingerprint density at radius 3 is 1.13 bits per heavy atom. The molecule has 0 radical (unpaired) electrons. The number of phosphoric acid groups is 1. The molecule has 0 saturated heterocycles. The average molecular weight is 276 g/mol. The van der Waals surface area contributed by atoms with Crippen LogP contribution in [0.15, 0.2) is 0 Å². The summed E-state index contributed by atoms with van der Waals surface area (Å²) in [6, 6.07) is 0. The molecule has 0 aromatic rings. The zero-order valence-electron chi connectivity index (χ0n) is 6.73. The summed E-state index contributed by atoms with van der Waals surface area (Å²) in [5.41, 5.74) is 0. The fourth-order valence-electron chi connectivity index (χ4n) is 0. The van der Waals surface area contributed by atoms with E-state index in [4.69, 9.17) is 52.1 Å². The van der Waals surface area contributed by atoms with Gasteiger partial charge in [0, 0.05) is 0 Å². The third kappa shape index (κ3) is 2200. The lowest BCUT2D eigenvalue weighted by Gasteiger charge is -1.82. The number of hydrogen-bond acceptors (Lipinski definition) is 6. The molecule has 15 heteroatoms. The summed E-state index contributed by atoms with van der Waals surface area (Å²) in [6.45, 7) is 0. The van der Waals surface area contributed by atoms with Crippen LogP contribution in [-0.2, 0) is 15.0 Å². The molecule has 0 rings (SSSR count). The van der Waals surface area contributed by atoms with E-state index < -0.39 is 23.3 Å². The summed E-state index contributed by atoms with van der Waals surface area (Å²) in [6.07, 6.45) is 0. The van der Waals surface area contributed by atoms with Crippen LogP contribution in [0.4, 0.5) is 0 Å². The molecule has 0 heterocycles. The van der Waals surface area contributed by atoms with E-state index in [0.29, 0.717) is 0 Å². The lowest BCUT2D eigenvalue weighted by Crippen LogP contribution is -1.89. The maximum atomic E-state index is 8.88. The predicted octanol–water partition coefficient (Wildman–Crippen LogP) is -1.77. The first-order chi connectivity index (χ1) is 5.73. The van der Waals surface area contributed by atoms with Gasteiger partial charge in [-0.25, -0.2) is 4.57 Å². The van der Waals surface area contributed by atoms with E-state index in [0.717, 1.165) is 0 Å². The Labute approximate surface area is 82.5 Å². The molecular formula is H9N2O11PS. The lowest BCUT2D eigenvalue weighted by atomic mass is 13.1. The van der Waals surface area contributed by atoms with Gasteiger partial charge >= 0.3 is 18.2 Å². The molecule has 9 N–H and O–H groups in total. The quantitative estimate of drug-likeness (QED) is 0.112. The number of nitrogens with zero attached hydrogens (tertiary/aromatic N) is 1. The maximum Gasteiger partial charge on any atom is 0.466 e. The largest absolute Gasteiger partial charge is 0.466 e. The zero-order valence-corrected chi connectivity index (χ0v) is 8.45. The second-order valence-electron chi connectivity index (χ2n) is 1.20. The molecular weight excluding hydrogens is 267 g/mol. The van der Waals surface area contributed by atoms with Gasteiger partial charge in [0.1, 0.15) is 0 Å². The first kappa shape index (κ1) is 23.7. The Hall–Kier alpha value is -0.860. The van der Waals surface area contributed by atoms with Gasteiger partial charge in [0.25, 0.3) is 5.09 Å². The fraction of sp³-hybridized carbons (Fsp3) is 0. The molecule has 0 aliphatic carbocycles. The summed E-state index contributed by atoms with van der Waals surface area (Å²) < 4.78 is 40.5. The van der Waals surface area contributed by atoms with Crippen LogP contribution >= 0.6 is 7.82 Å². The van der Waals surface area contributed by atoms with Crippen molar-refractivity contribution in [3.8, 4) is 0 Å². The molecule has 13 nitrogen and oxygen atoms in total. The third-order valence-corrected chi connectivity index (χ3v) is 0. The third-order valence-electron chi connectivity index (χ3n) is 0. The molecule has 0 spiro atoms. The normalized spacial score (nSPS) is 9.40. The fourth-order valence-corrected chi connectivity index (χ4v) is 0. The summed E-state index contributed by atoms with van der Waals surface area (Å²) in [4.78, 5) is 29.9. The number of hydrogen-bond donors (Lipinski definition) is 7. The van der Waals surface area contributed by atoms with E-state index in [9.17, 15) is 0 Å². The lowest BCUT2D eigenvalue weighted by molar-refractivity contribution is -0.742.